The third kappa shape index (κ3) is 2.49. The molecule has 1 unspecified atom stereocenters. The van der Waals surface area contributed by atoms with Gasteiger partial charge in [-0.2, -0.15) is 0 Å². The molecule has 1 aliphatic rings. The largest absolute Gasteiger partial charge is 0.394 e. The minimum atomic E-state index is 0.0382. The molecule has 0 radical (unpaired) electrons. The molecule has 1 atom stereocenters. The monoisotopic (exact) mass is 295 g/mol. The third-order valence-corrected chi connectivity index (χ3v) is 4.79. The zero-order valence-corrected chi connectivity index (χ0v) is 10.6. The van der Waals surface area contributed by atoms with Gasteiger partial charge in [0.2, 0.25) is 0 Å². The van der Waals surface area contributed by atoms with E-state index in [1.54, 1.807) is 0 Å². The van der Waals surface area contributed by atoms with Gasteiger partial charge in [-0.3, -0.25) is 0 Å². The molecule has 5 heteroatoms. The summed E-state index contributed by atoms with van der Waals surface area (Å²) in [7, 11) is 0. The number of thiophene rings is 1. The zero-order chi connectivity index (χ0) is 10.1. The SMILES string of the molecule is OCC(NC1CC1)c1cc(Br)c(Cl)s1. The van der Waals surface area contributed by atoms with Crippen LogP contribution in [0.3, 0.4) is 0 Å². The fraction of sp³-hybridized carbons (Fsp3) is 0.556. The van der Waals surface area contributed by atoms with Crippen LogP contribution >= 0.6 is 38.9 Å². The molecule has 0 aromatic carbocycles. The minimum absolute atomic E-state index is 0.0382. The lowest BCUT2D eigenvalue weighted by Gasteiger charge is -2.13. The highest BCUT2D eigenvalue weighted by molar-refractivity contribution is 9.10. The van der Waals surface area contributed by atoms with Crippen LogP contribution in [0.4, 0.5) is 0 Å². The summed E-state index contributed by atoms with van der Waals surface area (Å²) in [6.07, 6.45) is 2.44. The molecule has 2 N–H and O–H groups in total. The number of aliphatic hydroxyl groups is 1. The molecular formula is C9H11BrClNOS. The van der Waals surface area contributed by atoms with Gasteiger partial charge in [0, 0.05) is 15.4 Å². The molecule has 1 saturated carbocycles. The molecule has 0 spiro atoms. The van der Waals surface area contributed by atoms with Crippen LogP contribution in [0, 0.1) is 0 Å². The predicted octanol–water partition coefficient (Wildman–Crippen LogP) is 2.95. The van der Waals surface area contributed by atoms with E-state index in [0.29, 0.717) is 6.04 Å². The molecule has 1 aromatic rings. The Bertz CT molecular complexity index is 307. The first-order valence-electron chi connectivity index (χ1n) is 4.52. The fourth-order valence-corrected chi connectivity index (χ4v) is 3.08. The second-order valence-electron chi connectivity index (χ2n) is 3.45. The summed E-state index contributed by atoms with van der Waals surface area (Å²) in [5, 5.41) is 12.6. The summed E-state index contributed by atoms with van der Waals surface area (Å²) in [5.74, 6) is 0. The Balaban J connectivity index is 2.08. The third-order valence-electron chi connectivity index (χ3n) is 2.20. The van der Waals surface area contributed by atoms with Crippen molar-refractivity contribution in [3.8, 4) is 0 Å². The molecule has 2 rings (SSSR count). The molecular weight excluding hydrogens is 286 g/mol. The number of halogens is 2. The van der Waals surface area contributed by atoms with Crippen LogP contribution in [0.25, 0.3) is 0 Å². The summed E-state index contributed by atoms with van der Waals surface area (Å²) >= 11 is 10.8. The van der Waals surface area contributed by atoms with Gasteiger partial charge in [-0.1, -0.05) is 11.6 Å². The molecule has 0 bridgehead atoms. The normalized spacial score (nSPS) is 18.5. The van der Waals surface area contributed by atoms with Crippen molar-refractivity contribution < 1.29 is 5.11 Å². The van der Waals surface area contributed by atoms with Gasteiger partial charge in [0.25, 0.3) is 0 Å². The number of nitrogens with one attached hydrogen (secondary N) is 1. The average Bonchev–Trinajstić information content (AvgIpc) is 2.91. The molecule has 1 heterocycles. The molecule has 0 aliphatic heterocycles. The fourth-order valence-electron chi connectivity index (χ4n) is 1.29. The van der Waals surface area contributed by atoms with E-state index in [1.807, 2.05) is 6.07 Å². The van der Waals surface area contributed by atoms with E-state index in [-0.39, 0.29) is 12.6 Å². The first kappa shape index (κ1) is 10.9. The highest BCUT2D eigenvalue weighted by atomic mass is 79.9. The number of aliphatic hydroxyl groups excluding tert-OH is 1. The lowest BCUT2D eigenvalue weighted by molar-refractivity contribution is 0.245. The van der Waals surface area contributed by atoms with E-state index in [0.717, 1.165) is 13.7 Å². The Morgan fingerprint density at radius 3 is 2.86 bits per heavy atom. The van der Waals surface area contributed by atoms with Crippen molar-refractivity contribution >= 4 is 38.9 Å². The van der Waals surface area contributed by atoms with Gasteiger partial charge in [0.05, 0.1) is 12.6 Å². The summed E-state index contributed by atoms with van der Waals surface area (Å²) in [6, 6.07) is 2.60. The van der Waals surface area contributed by atoms with Crippen molar-refractivity contribution in [3.05, 3.63) is 19.8 Å². The maximum atomic E-state index is 9.24. The van der Waals surface area contributed by atoms with E-state index < -0.39 is 0 Å². The number of rotatable bonds is 4. The van der Waals surface area contributed by atoms with Crippen LogP contribution in [-0.2, 0) is 0 Å². The second kappa shape index (κ2) is 4.49. The Labute approximate surface area is 100 Å². The smallest absolute Gasteiger partial charge is 0.107 e. The molecule has 0 amide bonds. The van der Waals surface area contributed by atoms with Crippen molar-refractivity contribution in [1.29, 1.82) is 0 Å². The summed E-state index contributed by atoms with van der Waals surface area (Å²) in [5.41, 5.74) is 0. The Hall–Kier alpha value is 0.390. The summed E-state index contributed by atoms with van der Waals surface area (Å²) < 4.78 is 1.66. The van der Waals surface area contributed by atoms with Crippen LogP contribution in [0.5, 0.6) is 0 Å². The van der Waals surface area contributed by atoms with E-state index in [4.69, 9.17) is 11.6 Å². The van der Waals surface area contributed by atoms with Crippen LogP contribution in [-0.4, -0.2) is 17.8 Å². The van der Waals surface area contributed by atoms with Gasteiger partial charge in [0.15, 0.2) is 0 Å². The standard InChI is InChI=1S/C9H11BrClNOS/c10-6-3-8(14-9(6)11)7(4-13)12-5-1-2-5/h3,5,7,12-13H,1-2,4H2. The number of hydrogen-bond donors (Lipinski definition) is 2. The van der Waals surface area contributed by atoms with Gasteiger partial charge >= 0.3 is 0 Å². The van der Waals surface area contributed by atoms with Crippen LogP contribution < -0.4 is 5.32 Å². The average molecular weight is 297 g/mol. The second-order valence-corrected chi connectivity index (χ2v) is 5.99. The number of hydrogen-bond acceptors (Lipinski definition) is 3. The highest BCUT2D eigenvalue weighted by Gasteiger charge is 2.26. The Kier molecular flexibility index (Phi) is 3.50. The molecule has 14 heavy (non-hydrogen) atoms. The molecule has 0 saturated heterocycles. The highest BCUT2D eigenvalue weighted by Crippen LogP contribution is 2.36. The van der Waals surface area contributed by atoms with E-state index in [2.05, 4.69) is 21.2 Å². The van der Waals surface area contributed by atoms with Crippen molar-refractivity contribution in [2.45, 2.75) is 24.9 Å². The van der Waals surface area contributed by atoms with Gasteiger partial charge < -0.3 is 10.4 Å². The Morgan fingerprint density at radius 1 is 1.71 bits per heavy atom. The maximum absolute atomic E-state index is 9.24. The van der Waals surface area contributed by atoms with E-state index in [9.17, 15) is 5.11 Å². The van der Waals surface area contributed by atoms with Crippen molar-refractivity contribution in [1.82, 2.24) is 5.32 Å². The van der Waals surface area contributed by atoms with Gasteiger partial charge in [0.1, 0.15) is 4.34 Å². The molecule has 2 nitrogen and oxygen atoms in total. The van der Waals surface area contributed by atoms with E-state index >= 15 is 0 Å². The van der Waals surface area contributed by atoms with E-state index in [1.165, 1.54) is 24.2 Å². The maximum Gasteiger partial charge on any atom is 0.107 e. The minimum Gasteiger partial charge on any atom is -0.394 e. The molecule has 1 aromatic heterocycles. The van der Waals surface area contributed by atoms with Crippen LogP contribution in [0.15, 0.2) is 10.5 Å². The van der Waals surface area contributed by atoms with Crippen molar-refractivity contribution in [2.75, 3.05) is 6.61 Å². The summed E-state index contributed by atoms with van der Waals surface area (Å²) in [4.78, 5) is 1.09. The Morgan fingerprint density at radius 2 is 2.43 bits per heavy atom. The van der Waals surface area contributed by atoms with Gasteiger partial charge in [-0.05, 0) is 34.8 Å². The lowest BCUT2D eigenvalue weighted by atomic mass is 10.2. The van der Waals surface area contributed by atoms with Crippen LogP contribution in [0.1, 0.15) is 23.8 Å². The van der Waals surface area contributed by atoms with Crippen molar-refractivity contribution in [2.24, 2.45) is 0 Å². The van der Waals surface area contributed by atoms with Gasteiger partial charge in [-0.15, -0.1) is 11.3 Å². The molecule has 1 aliphatic carbocycles. The van der Waals surface area contributed by atoms with Crippen molar-refractivity contribution in [3.63, 3.8) is 0 Å². The molecule has 78 valence electrons. The first-order chi connectivity index (χ1) is 6.70. The predicted molar refractivity (Wildman–Crippen MR) is 63.0 cm³/mol. The lowest BCUT2D eigenvalue weighted by Crippen LogP contribution is -2.25. The quantitative estimate of drug-likeness (QED) is 0.895. The topological polar surface area (TPSA) is 32.3 Å². The summed E-state index contributed by atoms with van der Waals surface area (Å²) in [6.45, 7) is 0.125. The first-order valence-corrected chi connectivity index (χ1v) is 6.51. The van der Waals surface area contributed by atoms with Gasteiger partial charge in [-0.25, -0.2) is 0 Å². The zero-order valence-electron chi connectivity index (χ0n) is 7.46. The molecule has 1 fully saturated rings. The van der Waals surface area contributed by atoms with Crippen LogP contribution in [0.2, 0.25) is 4.34 Å².